The molecule has 0 unspecified atom stereocenters. The molecular formula is C20H17I2NO2. The zero-order chi connectivity index (χ0) is 18.0. The van der Waals surface area contributed by atoms with Gasteiger partial charge in [-0.3, -0.25) is 4.98 Å². The second-order valence-electron chi connectivity index (χ2n) is 5.58. The summed E-state index contributed by atoms with van der Waals surface area (Å²) in [6.45, 7) is 2.02. The number of halogens is 2. The Bertz CT molecular complexity index is 854. The van der Waals surface area contributed by atoms with Crippen molar-refractivity contribution in [2.24, 2.45) is 0 Å². The van der Waals surface area contributed by atoms with Crippen LogP contribution in [0.4, 0.5) is 0 Å². The zero-order valence-corrected chi connectivity index (χ0v) is 18.5. The van der Waals surface area contributed by atoms with E-state index in [0.29, 0.717) is 0 Å². The number of benzene rings is 2. The number of methoxy groups -OCH3 is 2. The molecule has 0 fully saturated rings. The third kappa shape index (κ3) is 4.08. The van der Waals surface area contributed by atoms with Gasteiger partial charge in [-0.2, -0.15) is 0 Å². The fourth-order valence-electron chi connectivity index (χ4n) is 2.65. The van der Waals surface area contributed by atoms with E-state index >= 15 is 0 Å². The van der Waals surface area contributed by atoms with Crippen LogP contribution in [0.2, 0.25) is 0 Å². The van der Waals surface area contributed by atoms with Crippen LogP contribution in [0.15, 0.2) is 48.5 Å². The highest BCUT2D eigenvalue weighted by Crippen LogP contribution is 2.32. The Hall–Kier alpha value is -1.35. The molecule has 3 aromatic rings. The Kier molecular flexibility index (Phi) is 5.83. The number of hydrogen-bond donors (Lipinski definition) is 0. The average molecular weight is 557 g/mol. The number of aryl methyl sites for hydroxylation is 1. The van der Waals surface area contributed by atoms with Crippen LogP contribution in [0.5, 0.6) is 11.5 Å². The number of rotatable bonds is 4. The monoisotopic (exact) mass is 557 g/mol. The van der Waals surface area contributed by atoms with E-state index in [4.69, 9.17) is 14.5 Å². The van der Waals surface area contributed by atoms with Gasteiger partial charge in [0.2, 0.25) is 0 Å². The van der Waals surface area contributed by atoms with Crippen molar-refractivity contribution < 1.29 is 9.47 Å². The molecule has 128 valence electrons. The molecule has 0 aliphatic heterocycles. The number of pyridine rings is 1. The maximum atomic E-state index is 5.36. The minimum absolute atomic E-state index is 0.877. The van der Waals surface area contributed by atoms with Crippen molar-refractivity contribution in [3.8, 4) is 33.9 Å². The minimum atomic E-state index is 0.877. The molecule has 0 atom stereocenters. The fourth-order valence-corrected chi connectivity index (χ4v) is 4.13. The highest BCUT2D eigenvalue weighted by molar-refractivity contribution is 14.1. The first-order valence-corrected chi connectivity index (χ1v) is 9.84. The summed E-state index contributed by atoms with van der Waals surface area (Å²) in [4.78, 5) is 4.71. The van der Waals surface area contributed by atoms with Crippen LogP contribution in [0.1, 0.15) is 5.69 Å². The molecule has 0 saturated carbocycles. The molecule has 1 heterocycles. The highest BCUT2D eigenvalue weighted by atomic mass is 127. The molecule has 0 N–H and O–H groups in total. The molecule has 3 nitrogen and oxygen atoms in total. The summed E-state index contributed by atoms with van der Waals surface area (Å²) in [6.07, 6.45) is 0. The van der Waals surface area contributed by atoms with Crippen molar-refractivity contribution in [2.45, 2.75) is 6.92 Å². The van der Waals surface area contributed by atoms with Gasteiger partial charge in [0.15, 0.2) is 0 Å². The molecule has 0 aliphatic rings. The van der Waals surface area contributed by atoms with E-state index in [2.05, 4.69) is 75.5 Å². The smallest absolute Gasteiger partial charge is 0.132 e. The van der Waals surface area contributed by atoms with Crippen LogP contribution in [0.25, 0.3) is 22.4 Å². The van der Waals surface area contributed by atoms with Crippen molar-refractivity contribution >= 4 is 45.2 Å². The summed E-state index contributed by atoms with van der Waals surface area (Å²) in [5.74, 6) is 1.77. The Morgan fingerprint density at radius 1 is 0.720 bits per heavy atom. The van der Waals surface area contributed by atoms with Crippen molar-refractivity contribution in [3.05, 3.63) is 61.4 Å². The van der Waals surface area contributed by atoms with Crippen LogP contribution in [0, 0.1) is 14.1 Å². The van der Waals surface area contributed by atoms with Crippen molar-refractivity contribution in [1.29, 1.82) is 0 Å². The van der Waals surface area contributed by atoms with Crippen LogP contribution >= 0.6 is 45.2 Å². The molecule has 25 heavy (non-hydrogen) atoms. The molecule has 2 aromatic carbocycles. The van der Waals surface area contributed by atoms with Crippen molar-refractivity contribution in [1.82, 2.24) is 4.98 Å². The van der Waals surface area contributed by atoms with E-state index in [1.165, 1.54) is 0 Å². The van der Waals surface area contributed by atoms with Crippen LogP contribution in [-0.2, 0) is 0 Å². The first-order chi connectivity index (χ1) is 12.0. The van der Waals surface area contributed by atoms with E-state index in [1.807, 2.05) is 25.1 Å². The summed E-state index contributed by atoms with van der Waals surface area (Å²) in [7, 11) is 3.38. The summed E-state index contributed by atoms with van der Waals surface area (Å²) in [5.41, 5.74) is 5.33. The molecule has 0 bridgehead atoms. The fraction of sp³-hybridized carbons (Fsp3) is 0.150. The number of hydrogen-bond acceptors (Lipinski definition) is 3. The van der Waals surface area contributed by atoms with Gasteiger partial charge in [0.05, 0.1) is 27.1 Å². The molecule has 5 heteroatoms. The van der Waals surface area contributed by atoms with Crippen LogP contribution in [0.3, 0.4) is 0 Å². The lowest BCUT2D eigenvalue weighted by molar-refractivity contribution is 0.412. The zero-order valence-electron chi connectivity index (χ0n) is 14.1. The minimum Gasteiger partial charge on any atom is -0.496 e. The van der Waals surface area contributed by atoms with Gasteiger partial charge in [0.25, 0.3) is 0 Å². The van der Waals surface area contributed by atoms with Gasteiger partial charge in [0.1, 0.15) is 11.5 Å². The predicted molar refractivity (Wildman–Crippen MR) is 118 cm³/mol. The Morgan fingerprint density at radius 3 is 1.84 bits per heavy atom. The molecule has 3 rings (SSSR count). The summed E-state index contributed by atoms with van der Waals surface area (Å²) < 4.78 is 12.9. The van der Waals surface area contributed by atoms with Gasteiger partial charge >= 0.3 is 0 Å². The third-order valence-corrected chi connectivity index (χ3v) is 5.57. The Balaban J connectivity index is 2.06. The number of ether oxygens (including phenoxy) is 2. The second-order valence-corrected chi connectivity index (χ2v) is 7.91. The quantitative estimate of drug-likeness (QED) is 0.372. The standard InChI is InChI=1S/C20H17I2NO2/c1-12-8-15(13-4-6-19(24-2)16(21)9-13)11-18(23-12)14-5-7-20(25-3)17(22)10-14/h4-11H,1-3H3. The molecule has 1 aromatic heterocycles. The lowest BCUT2D eigenvalue weighted by Crippen LogP contribution is -1.93. The summed E-state index contributed by atoms with van der Waals surface area (Å²) in [5, 5.41) is 0. The first kappa shape index (κ1) is 18.4. The van der Waals surface area contributed by atoms with Crippen molar-refractivity contribution in [3.63, 3.8) is 0 Å². The Labute approximate surface area is 175 Å². The van der Waals surface area contributed by atoms with E-state index in [-0.39, 0.29) is 0 Å². The lowest BCUT2D eigenvalue weighted by atomic mass is 10.0. The van der Waals surface area contributed by atoms with E-state index in [9.17, 15) is 0 Å². The highest BCUT2D eigenvalue weighted by Gasteiger charge is 2.09. The second kappa shape index (κ2) is 7.90. The summed E-state index contributed by atoms with van der Waals surface area (Å²) in [6, 6.07) is 16.6. The van der Waals surface area contributed by atoms with Crippen molar-refractivity contribution in [2.75, 3.05) is 14.2 Å². The molecule has 0 radical (unpaired) electrons. The van der Waals surface area contributed by atoms with E-state index < -0.39 is 0 Å². The van der Waals surface area contributed by atoms with Gasteiger partial charge in [-0.1, -0.05) is 6.07 Å². The molecule has 0 saturated heterocycles. The van der Waals surface area contributed by atoms with Gasteiger partial charge in [0, 0.05) is 11.3 Å². The molecular weight excluding hydrogens is 540 g/mol. The maximum Gasteiger partial charge on any atom is 0.132 e. The van der Waals surface area contributed by atoms with Gasteiger partial charge in [-0.15, -0.1) is 0 Å². The normalized spacial score (nSPS) is 10.6. The maximum absolute atomic E-state index is 5.36. The van der Waals surface area contributed by atoms with Gasteiger partial charge in [-0.05, 0) is 106 Å². The van der Waals surface area contributed by atoms with Crippen LogP contribution in [-0.4, -0.2) is 19.2 Å². The number of aromatic nitrogens is 1. The third-order valence-electron chi connectivity index (χ3n) is 3.89. The lowest BCUT2D eigenvalue weighted by Gasteiger charge is -2.11. The average Bonchev–Trinajstić information content (AvgIpc) is 2.61. The SMILES string of the molecule is COc1ccc(-c2cc(C)nc(-c3ccc(OC)c(I)c3)c2)cc1I. The van der Waals surface area contributed by atoms with Crippen LogP contribution < -0.4 is 9.47 Å². The van der Waals surface area contributed by atoms with E-state index in [0.717, 1.165) is 46.7 Å². The molecule has 0 amide bonds. The topological polar surface area (TPSA) is 31.4 Å². The van der Waals surface area contributed by atoms with E-state index in [1.54, 1.807) is 14.2 Å². The van der Waals surface area contributed by atoms with Gasteiger partial charge < -0.3 is 9.47 Å². The first-order valence-electron chi connectivity index (χ1n) is 7.68. The summed E-state index contributed by atoms with van der Waals surface area (Å²) >= 11 is 4.58. The Morgan fingerprint density at radius 2 is 1.28 bits per heavy atom. The van der Waals surface area contributed by atoms with Gasteiger partial charge in [-0.25, -0.2) is 0 Å². The molecule has 0 aliphatic carbocycles. The number of nitrogens with zero attached hydrogens (tertiary/aromatic N) is 1. The molecule has 0 spiro atoms. The largest absolute Gasteiger partial charge is 0.496 e. The predicted octanol–water partition coefficient (Wildman–Crippen LogP) is 5.95.